The average molecular weight is 161 g/mol. The van der Waals surface area contributed by atoms with E-state index in [1.165, 1.54) is 0 Å². The van der Waals surface area contributed by atoms with Crippen molar-refractivity contribution in [3.05, 3.63) is 0 Å². The predicted molar refractivity (Wildman–Crippen MR) is 39.2 cm³/mol. The van der Waals surface area contributed by atoms with Gasteiger partial charge in [-0.2, -0.15) is 5.26 Å². The van der Waals surface area contributed by atoms with Crippen LogP contribution in [0.15, 0.2) is 0 Å². The van der Waals surface area contributed by atoms with Crippen molar-refractivity contribution in [2.45, 2.75) is 31.4 Å². The van der Waals surface area contributed by atoms with Crippen LogP contribution < -0.4 is 0 Å². The van der Waals surface area contributed by atoms with Crippen LogP contribution in [0.2, 0.25) is 0 Å². The highest BCUT2D eigenvalue weighted by atomic mass is 32.2. The highest BCUT2D eigenvalue weighted by molar-refractivity contribution is 7.73. The highest BCUT2D eigenvalue weighted by Crippen LogP contribution is 2.01. The summed E-state index contributed by atoms with van der Waals surface area (Å²) in [7, 11) is -2.29. The van der Waals surface area contributed by atoms with E-state index >= 15 is 0 Å². The molecule has 0 N–H and O–H groups in total. The van der Waals surface area contributed by atoms with Crippen molar-refractivity contribution in [1.82, 2.24) is 0 Å². The van der Waals surface area contributed by atoms with E-state index in [1.807, 2.05) is 6.07 Å². The molecular weight excluding hydrogens is 150 g/mol. The second kappa shape index (κ2) is 5.24. The minimum absolute atomic E-state index is 0.275. The van der Waals surface area contributed by atoms with Gasteiger partial charge in [-0.25, -0.2) is 8.42 Å². The molecule has 1 atom stereocenters. The molecule has 0 aliphatic rings. The molecule has 0 aromatic rings. The number of hydrogen-bond donors (Lipinski definition) is 1. The van der Waals surface area contributed by atoms with E-state index in [0.29, 0.717) is 19.3 Å². The van der Waals surface area contributed by atoms with Crippen LogP contribution in [0, 0.1) is 11.3 Å². The summed E-state index contributed by atoms with van der Waals surface area (Å²) in [5, 5.41) is 7.84. The third-order valence-corrected chi connectivity index (χ3v) is 2.25. The monoisotopic (exact) mass is 161 g/mol. The molecule has 0 saturated carbocycles. The molecule has 4 heteroatoms. The summed E-state index contributed by atoms with van der Waals surface area (Å²) >= 11 is 0. The largest absolute Gasteiger partial charge is 0.232 e. The summed E-state index contributed by atoms with van der Waals surface area (Å²) in [5.41, 5.74) is 0. The Hall–Kier alpha value is -0.560. The molecule has 0 bridgehead atoms. The van der Waals surface area contributed by atoms with Gasteiger partial charge in [-0.05, 0) is 19.8 Å². The molecule has 0 fully saturated rings. The maximum absolute atomic E-state index is 10.2. The lowest BCUT2D eigenvalue weighted by Gasteiger charge is -1.98. The summed E-state index contributed by atoms with van der Waals surface area (Å²) in [6.45, 7) is 1.66. The Morgan fingerprint density at radius 2 is 2.20 bits per heavy atom. The summed E-state index contributed by atoms with van der Waals surface area (Å²) in [6, 6.07) is 1.97. The first-order valence-electron chi connectivity index (χ1n) is 3.19. The predicted octanol–water partition coefficient (Wildman–Crippen LogP) is 0.680. The van der Waals surface area contributed by atoms with E-state index in [9.17, 15) is 8.42 Å². The van der Waals surface area contributed by atoms with Crippen LogP contribution in [0.5, 0.6) is 0 Å². The van der Waals surface area contributed by atoms with E-state index in [2.05, 4.69) is 0 Å². The standard InChI is InChI=1S/C6H11NO2S/c1-6(10(8)9)4-2-3-5-7/h6,10H,2-4H2,1H3. The smallest absolute Gasteiger partial charge is 0.142 e. The molecule has 3 nitrogen and oxygen atoms in total. The fourth-order valence-corrected chi connectivity index (χ4v) is 0.975. The summed E-state index contributed by atoms with van der Waals surface area (Å²) in [6.07, 6.45) is 1.74. The molecule has 0 aliphatic carbocycles. The van der Waals surface area contributed by atoms with Crippen molar-refractivity contribution in [2.24, 2.45) is 0 Å². The highest BCUT2D eigenvalue weighted by Gasteiger charge is 2.02. The number of nitrogens with zero attached hydrogens (tertiary/aromatic N) is 1. The fourth-order valence-electron chi connectivity index (χ4n) is 0.582. The van der Waals surface area contributed by atoms with Crippen LogP contribution in [0.3, 0.4) is 0 Å². The minimum Gasteiger partial charge on any atom is -0.232 e. The van der Waals surface area contributed by atoms with E-state index < -0.39 is 10.7 Å². The van der Waals surface area contributed by atoms with Gasteiger partial charge in [0.25, 0.3) is 0 Å². The van der Waals surface area contributed by atoms with Crippen LogP contribution in [0.4, 0.5) is 0 Å². The first kappa shape index (κ1) is 9.44. The van der Waals surface area contributed by atoms with Crippen LogP contribution in [-0.4, -0.2) is 13.7 Å². The zero-order chi connectivity index (χ0) is 7.98. The lowest BCUT2D eigenvalue weighted by molar-refractivity contribution is 0.593. The molecule has 0 aromatic heterocycles. The van der Waals surface area contributed by atoms with Gasteiger partial charge >= 0.3 is 0 Å². The van der Waals surface area contributed by atoms with Gasteiger partial charge in [0.2, 0.25) is 0 Å². The number of nitriles is 1. The van der Waals surface area contributed by atoms with Gasteiger partial charge in [-0.3, -0.25) is 0 Å². The number of rotatable bonds is 4. The topological polar surface area (TPSA) is 57.9 Å². The first-order chi connectivity index (χ1) is 4.68. The summed E-state index contributed by atoms with van der Waals surface area (Å²) in [5.74, 6) is 0. The van der Waals surface area contributed by atoms with Crippen molar-refractivity contribution in [3.8, 4) is 6.07 Å². The zero-order valence-electron chi connectivity index (χ0n) is 5.91. The Morgan fingerprint density at radius 3 is 2.60 bits per heavy atom. The Morgan fingerprint density at radius 1 is 1.60 bits per heavy atom. The van der Waals surface area contributed by atoms with Crippen molar-refractivity contribution in [2.75, 3.05) is 0 Å². The van der Waals surface area contributed by atoms with E-state index in [-0.39, 0.29) is 5.25 Å². The molecule has 0 radical (unpaired) electrons. The summed E-state index contributed by atoms with van der Waals surface area (Å²) in [4.78, 5) is 0. The SMILES string of the molecule is CC(CCCC#N)[SH](=O)=O. The molecule has 1 unspecified atom stereocenters. The zero-order valence-corrected chi connectivity index (χ0v) is 6.80. The van der Waals surface area contributed by atoms with Crippen LogP contribution >= 0.6 is 0 Å². The van der Waals surface area contributed by atoms with Gasteiger partial charge in [0, 0.05) is 6.42 Å². The molecule has 0 saturated heterocycles. The van der Waals surface area contributed by atoms with Crippen LogP contribution in [0.1, 0.15) is 26.2 Å². The second-order valence-corrected chi connectivity index (χ2v) is 3.64. The number of hydrogen-bond acceptors (Lipinski definition) is 3. The fraction of sp³-hybridized carbons (Fsp3) is 0.833. The van der Waals surface area contributed by atoms with Gasteiger partial charge in [0.05, 0.1) is 11.3 Å². The molecule has 0 amide bonds. The quantitative estimate of drug-likeness (QED) is 0.487. The second-order valence-electron chi connectivity index (χ2n) is 2.18. The molecule has 58 valence electrons. The van der Waals surface area contributed by atoms with Crippen LogP contribution in [0.25, 0.3) is 0 Å². The van der Waals surface area contributed by atoms with Crippen molar-refractivity contribution < 1.29 is 8.42 Å². The summed E-state index contributed by atoms with van der Waals surface area (Å²) < 4.78 is 20.5. The van der Waals surface area contributed by atoms with E-state index in [1.54, 1.807) is 6.92 Å². The Balaban J connectivity index is 3.42. The number of unbranched alkanes of at least 4 members (excludes halogenated alkanes) is 1. The van der Waals surface area contributed by atoms with Crippen molar-refractivity contribution >= 4 is 10.7 Å². The number of thiol groups is 1. The lowest BCUT2D eigenvalue weighted by atomic mass is 10.2. The molecule has 0 heterocycles. The Labute approximate surface area is 62.6 Å². The maximum Gasteiger partial charge on any atom is 0.142 e. The van der Waals surface area contributed by atoms with E-state index in [0.717, 1.165) is 0 Å². The van der Waals surface area contributed by atoms with Gasteiger partial charge in [0.15, 0.2) is 0 Å². The maximum atomic E-state index is 10.2. The normalized spacial score (nSPS) is 12.9. The van der Waals surface area contributed by atoms with Gasteiger partial charge in [0.1, 0.15) is 10.7 Å². The average Bonchev–Trinajstić information content (AvgIpc) is 1.88. The molecule has 0 rings (SSSR count). The molecule has 0 aromatic carbocycles. The van der Waals surface area contributed by atoms with Gasteiger partial charge < -0.3 is 0 Å². The van der Waals surface area contributed by atoms with Gasteiger partial charge in [-0.1, -0.05) is 0 Å². The Kier molecular flexibility index (Phi) is 4.95. The third kappa shape index (κ3) is 4.33. The third-order valence-electron chi connectivity index (χ3n) is 1.27. The Bertz CT molecular complexity index is 184. The lowest BCUT2D eigenvalue weighted by Crippen LogP contribution is -2.02. The molecule has 0 aliphatic heterocycles. The van der Waals surface area contributed by atoms with Crippen molar-refractivity contribution in [1.29, 1.82) is 5.26 Å². The van der Waals surface area contributed by atoms with Crippen molar-refractivity contribution in [3.63, 3.8) is 0 Å². The minimum atomic E-state index is -2.29. The first-order valence-corrected chi connectivity index (χ1v) is 4.43. The molecule has 0 spiro atoms. The van der Waals surface area contributed by atoms with E-state index in [4.69, 9.17) is 5.26 Å². The van der Waals surface area contributed by atoms with Gasteiger partial charge in [-0.15, -0.1) is 0 Å². The molecular formula is C6H11NO2S. The molecule has 10 heavy (non-hydrogen) atoms. The van der Waals surface area contributed by atoms with Crippen LogP contribution in [-0.2, 0) is 10.7 Å².